The Morgan fingerprint density at radius 1 is 1.67 bits per heavy atom. The fraction of sp³-hybridized carbons (Fsp3) is 0.429. The third kappa shape index (κ3) is 1.08. The van der Waals surface area contributed by atoms with E-state index in [1.165, 1.54) is 0 Å². The van der Waals surface area contributed by atoms with Crippen molar-refractivity contribution < 1.29 is 5.11 Å². The zero-order valence-electron chi connectivity index (χ0n) is 6.78. The summed E-state index contributed by atoms with van der Waals surface area (Å²) in [6.07, 6.45) is 0.508. The van der Waals surface area contributed by atoms with Gasteiger partial charge in [0.2, 0.25) is 0 Å². The second-order valence-electron chi connectivity index (χ2n) is 2.71. The van der Waals surface area contributed by atoms with Gasteiger partial charge in [0.05, 0.1) is 6.61 Å². The SMILES string of the molecule is Cc1cc2nc(CCO)nn2[nH]1. The average molecular weight is 166 g/mol. The summed E-state index contributed by atoms with van der Waals surface area (Å²) >= 11 is 0. The minimum absolute atomic E-state index is 0.0894. The van der Waals surface area contributed by atoms with E-state index < -0.39 is 0 Å². The van der Waals surface area contributed by atoms with Crippen LogP contribution in [-0.4, -0.2) is 31.5 Å². The maximum atomic E-state index is 8.64. The van der Waals surface area contributed by atoms with E-state index in [-0.39, 0.29) is 6.61 Å². The molecule has 0 aromatic carbocycles. The van der Waals surface area contributed by atoms with E-state index in [1.54, 1.807) is 4.63 Å². The molecule has 0 aliphatic carbocycles. The van der Waals surface area contributed by atoms with Gasteiger partial charge in [-0.15, -0.1) is 5.10 Å². The highest BCUT2D eigenvalue weighted by molar-refractivity contribution is 5.37. The summed E-state index contributed by atoms with van der Waals surface area (Å²) in [5.74, 6) is 0.670. The first-order valence-corrected chi connectivity index (χ1v) is 3.82. The standard InChI is InChI=1S/C7H10N4O/c1-5-4-7-8-6(2-3-12)10-11(7)9-5/h4,9,12H,2-3H2,1H3. The number of hydrogen-bond acceptors (Lipinski definition) is 3. The van der Waals surface area contributed by atoms with Crippen LogP contribution in [0, 0.1) is 6.92 Å². The lowest BCUT2D eigenvalue weighted by Crippen LogP contribution is -1.95. The smallest absolute Gasteiger partial charge is 0.175 e. The van der Waals surface area contributed by atoms with Crippen LogP contribution in [-0.2, 0) is 6.42 Å². The molecule has 5 nitrogen and oxygen atoms in total. The van der Waals surface area contributed by atoms with Crippen LogP contribution in [0.15, 0.2) is 6.07 Å². The van der Waals surface area contributed by atoms with Crippen LogP contribution >= 0.6 is 0 Å². The van der Waals surface area contributed by atoms with Gasteiger partial charge in [-0.25, -0.2) is 4.98 Å². The molecule has 0 fully saturated rings. The summed E-state index contributed by atoms with van der Waals surface area (Å²) in [4.78, 5) is 4.18. The molecule has 0 atom stereocenters. The number of nitrogens with zero attached hydrogens (tertiary/aromatic N) is 3. The van der Waals surface area contributed by atoms with Gasteiger partial charge in [0, 0.05) is 18.2 Å². The van der Waals surface area contributed by atoms with Crippen LogP contribution in [0.1, 0.15) is 11.5 Å². The molecule has 0 amide bonds. The second-order valence-corrected chi connectivity index (χ2v) is 2.71. The first kappa shape index (κ1) is 7.30. The van der Waals surface area contributed by atoms with Crippen LogP contribution in [0.5, 0.6) is 0 Å². The van der Waals surface area contributed by atoms with Gasteiger partial charge in [0.25, 0.3) is 0 Å². The Morgan fingerprint density at radius 3 is 3.17 bits per heavy atom. The third-order valence-electron chi connectivity index (χ3n) is 1.64. The van der Waals surface area contributed by atoms with Crippen LogP contribution in [0.3, 0.4) is 0 Å². The van der Waals surface area contributed by atoms with E-state index in [2.05, 4.69) is 15.2 Å². The topological polar surface area (TPSA) is 66.2 Å². The van der Waals surface area contributed by atoms with E-state index in [9.17, 15) is 0 Å². The van der Waals surface area contributed by atoms with Gasteiger partial charge < -0.3 is 5.11 Å². The van der Waals surface area contributed by atoms with Crippen molar-refractivity contribution in [1.29, 1.82) is 0 Å². The lowest BCUT2D eigenvalue weighted by molar-refractivity contribution is 0.296. The molecule has 0 aliphatic heterocycles. The number of fused-ring (bicyclic) bond motifs is 1. The Hall–Kier alpha value is -1.36. The number of nitrogens with one attached hydrogen (secondary N) is 1. The fourth-order valence-corrected chi connectivity index (χ4v) is 1.14. The Balaban J connectivity index is 2.43. The van der Waals surface area contributed by atoms with Crippen molar-refractivity contribution >= 4 is 5.65 Å². The summed E-state index contributed by atoms with van der Waals surface area (Å²) in [6, 6.07) is 1.91. The molecule has 2 rings (SSSR count). The third-order valence-corrected chi connectivity index (χ3v) is 1.64. The Bertz CT molecular complexity index is 357. The molecule has 2 aromatic heterocycles. The van der Waals surface area contributed by atoms with Gasteiger partial charge >= 0.3 is 0 Å². The number of aliphatic hydroxyl groups is 1. The molecule has 0 bridgehead atoms. The fourth-order valence-electron chi connectivity index (χ4n) is 1.14. The highest BCUT2D eigenvalue weighted by Crippen LogP contribution is 2.02. The number of rotatable bonds is 2. The normalized spacial score (nSPS) is 11.2. The highest BCUT2D eigenvalue weighted by atomic mass is 16.3. The van der Waals surface area contributed by atoms with Gasteiger partial charge in [-0.2, -0.15) is 4.63 Å². The van der Waals surface area contributed by atoms with E-state index >= 15 is 0 Å². The summed E-state index contributed by atoms with van der Waals surface area (Å²) in [5, 5.41) is 15.7. The summed E-state index contributed by atoms with van der Waals surface area (Å²) in [7, 11) is 0. The lowest BCUT2D eigenvalue weighted by Gasteiger charge is -1.85. The molecule has 0 saturated heterocycles. The molecule has 0 aliphatic rings. The maximum absolute atomic E-state index is 8.64. The van der Waals surface area contributed by atoms with Crippen molar-refractivity contribution in [3.8, 4) is 0 Å². The number of hydrogen-bond donors (Lipinski definition) is 2. The van der Waals surface area contributed by atoms with Crippen molar-refractivity contribution in [3.63, 3.8) is 0 Å². The molecular weight excluding hydrogens is 156 g/mol. The molecule has 12 heavy (non-hydrogen) atoms. The minimum atomic E-state index is 0.0894. The molecule has 0 saturated carbocycles. The Kier molecular flexibility index (Phi) is 1.58. The number of aliphatic hydroxyl groups excluding tert-OH is 1. The van der Waals surface area contributed by atoms with Gasteiger partial charge in [0.1, 0.15) is 0 Å². The molecule has 0 unspecified atom stereocenters. The summed E-state index contributed by atoms with van der Waals surface area (Å²) in [6.45, 7) is 2.04. The van der Waals surface area contributed by atoms with Crippen LogP contribution < -0.4 is 0 Å². The summed E-state index contributed by atoms with van der Waals surface area (Å²) < 4.78 is 1.61. The maximum Gasteiger partial charge on any atom is 0.175 e. The minimum Gasteiger partial charge on any atom is -0.396 e. The molecule has 2 N–H and O–H groups in total. The van der Waals surface area contributed by atoms with Crippen molar-refractivity contribution in [3.05, 3.63) is 17.6 Å². The number of H-pyrrole nitrogens is 1. The molecule has 5 heteroatoms. The van der Waals surface area contributed by atoms with Gasteiger partial charge in [-0.05, 0) is 6.92 Å². The lowest BCUT2D eigenvalue weighted by atomic mass is 10.4. The van der Waals surface area contributed by atoms with Crippen molar-refractivity contribution in [1.82, 2.24) is 19.8 Å². The first-order valence-electron chi connectivity index (χ1n) is 3.82. The highest BCUT2D eigenvalue weighted by Gasteiger charge is 2.03. The zero-order valence-corrected chi connectivity index (χ0v) is 6.78. The Labute approximate surface area is 69.0 Å². The van der Waals surface area contributed by atoms with E-state index in [1.807, 2.05) is 13.0 Å². The van der Waals surface area contributed by atoms with Crippen molar-refractivity contribution in [2.24, 2.45) is 0 Å². The quantitative estimate of drug-likeness (QED) is 0.654. The number of aryl methyl sites for hydroxylation is 1. The number of aromatic nitrogens is 4. The van der Waals surface area contributed by atoms with Crippen molar-refractivity contribution in [2.75, 3.05) is 6.61 Å². The van der Waals surface area contributed by atoms with E-state index in [0.29, 0.717) is 12.2 Å². The molecule has 0 radical (unpaired) electrons. The first-order chi connectivity index (χ1) is 5.79. The second kappa shape index (κ2) is 2.60. The molecule has 2 aromatic rings. The van der Waals surface area contributed by atoms with Gasteiger partial charge in [-0.3, -0.25) is 5.10 Å². The Morgan fingerprint density at radius 2 is 2.50 bits per heavy atom. The van der Waals surface area contributed by atoms with E-state index in [0.717, 1.165) is 11.3 Å². The van der Waals surface area contributed by atoms with Crippen molar-refractivity contribution in [2.45, 2.75) is 13.3 Å². The average Bonchev–Trinajstić information content (AvgIpc) is 2.44. The molecule has 64 valence electrons. The predicted octanol–water partition coefficient (Wildman–Crippen LogP) is -0.0994. The van der Waals surface area contributed by atoms with E-state index in [4.69, 9.17) is 5.11 Å². The van der Waals surface area contributed by atoms with Gasteiger partial charge in [0.15, 0.2) is 11.5 Å². The number of aromatic amines is 1. The zero-order chi connectivity index (χ0) is 8.55. The largest absolute Gasteiger partial charge is 0.396 e. The van der Waals surface area contributed by atoms with Gasteiger partial charge in [-0.1, -0.05) is 0 Å². The monoisotopic (exact) mass is 166 g/mol. The van der Waals surface area contributed by atoms with Crippen LogP contribution in [0.25, 0.3) is 5.65 Å². The molecule has 0 spiro atoms. The molecule has 2 heterocycles. The predicted molar refractivity (Wildman–Crippen MR) is 42.9 cm³/mol. The summed E-state index contributed by atoms with van der Waals surface area (Å²) in [5.41, 5.74) is 1.83. The molecular formula is C7H10N4O. The van der Waals surface area contributed by atoms with Crippen LogP contribution in [0.2, 0.25) is 0 Å². The van der Waals surface area contributed by atoms with Crippen LogP contribution in [0.4, 0.5) is 0 Å².